The van der Waals surface area contributed by atoms with E-state index in [4.69, 9.17) is 0 Å². The Morgan fingerprint density at radius 2 is 2.00 bits per heavy atom. The van der Waals surface area contributed by atoms with E-state index >= 15 is 0 Å². The topological polar surface area (TPSA) is 24.4 Å². The van der Waals surface area contributed by atoms with Gasteiger partial charge in [-0.15, -0.1) is 9.24 Å². The third-order valence-electron chi connectivity index (χ3n) is 2.39. The van der Waals surface area contributed by atoms with Gasteiger partial charge in [0.1, 0.15) is 0 Å². The lowest BCUT2D eigenvalue weighted by atomic mass is 10.1. The van der Waals surface area contributed by atoms with E-state index < -0.39 is 0 Å². The summed E-state index contributed by atoms with van der Waals surface area (Å²) >= 11 is 6.09. The molecule has 100 valence electrons. The molecule has 2 atom stereocenters. The Kier molecular flexibility index (Phi) is 6.54. The van der Waals surface area contributed by atoms with Crippen LogP contribution in [0.1, 0.15) is 20.8 Å². The largest absolute Gasteiger partial charge is 0.335 e. The van der Waals surface area contributed by atoms with E-state index in [9.17, 15) is 0 Å². The van der Waals surface area contributed by atoms with Crippen LogP contribution in [0.5, 0.6) is 0 Å². The second kappa shape index (κ2) is 7.42. The van der Waals surface area contributed by atoms with Gasteiger partial charge in [-0.3, -0.25) is 4.99 Å². The first-order valence-corrected chi connectivity index (χ1v) is 8.27. The van der Waals surface area contributed by atoms with Crippen LogP contribution in [0.25, 0.3) is 0 Å². The zero-order valence-electron chi connectivity index (χ0n) is 11.1. The van der Waals surface area contributed by atoms with Crippen molar-refractivity contribution in [1.82, 2.24) is 0 Å². The van der Waals surface area contributed by atoms with E-state index in [-0.39, 0.29) is 5.54 Å². The van der Waals surface area contributed by atoms with E-state index in [0.29, 0.717) is 0 Å². The van der Waals surface area contributed by atoms with Crippen LogP contribution in [-0.2, 0) is 0 Å². The summed E-state index contributed by atoms with van der Waals surface area (Å²) in [6.45, 7) is 6.13. The molecular weight excluding hydrogens is 279 g/mol. The molecule has 0 spiro atoms. The maximum absolute atomic E-state index is 4.64. The number of anilines is 1. The van der Waals surface area contributed by atoms with E-state index in [2.05, 4.69) is 63.4 Å². The Morgan fingerprint density at radius 3 is 2.50 bits per heavy atom. The zero-order valence-corrected chi connectivity index (χ0v) is 14.0. The lowest BCUT2D eigenvalue weighted by Crippen LogP contribution is -2.24. The minimum Gasteiger partial charge on any atom is -0.335 e. The van der Waals surface area contributed by atoms with Crippen molar-refractivity contribution in [3.05, 3.63) is 24.3 Å². The van der Waals surface area contributed by atoms with Crippen molar-refractivity contribution in [2.24, 2.45) is 4.99 Å². The summed E-state index contributed by atoms with van der Waals surface area (Å²) in [5.41, 5.74) is 1.07. The van der Waals surface area contributed by atoms with Crippen LogP contribution in [0.15, 0.2) is 29.3 Å². The number of hydrogen-bond donors (Lipinski definition) is 2. The standard InChI is InChI=1S/C11H15N2PS2.C2H6/c1-11(6-15)7-16-10(13-11)12-8-2-4-9(14)5-3-8;1-2/h2-5,15H,6-7,14H2,1H3,(H,12,13);1-2H3. The molecular formula is C13H21N2PS2. The van der Waals surface area contributed by atoms with Crippen LogP contribution >= 0.6 is 33.6 Å². The lowest BCUT2D eigenvalue weighted by molar-refractivity contribution is 0.618. The highest BCUT2D eigenvalue weighted by molar-refractivity contribution is 8.14. The number of hydrogen-bond acceptors (Lipinski definition) is 4. The Labute approximate surface area is 122 Å². The van der Waals surface area contributed by atoms with Gasteiger partial charge in [0.15, 0.2) is 5.17 Å². The summed E-state index contributed by atoms with van der Waals surface area (Å²) in [5, 5.41) is 5.51. The van der Waals surface area contributed by atoms with Gasteiger partial charge in [-0.25, -0.2) is 0 Å². The van der Waals surface area contributed by atoms with Crippen LogP contribution in [0.4, 0.5) is 5.69 Å². The van der Waals surface area contributed by atoms with Crippen LogP contribution < -0.4 is 10.6 Å². The maximum atomic E-state index is 4.64. The molecule has 2 rings (SSSR count). The number of aliphatic imine (C=N–C) groups is 1. The Balaban J connectivity index is 0.000000771. The summed E-state index contributed by atoms with van der Waals surface area (Å²) in [6, 6.07) is 8.24. The molecule has 0 amide bonds. The van der Waals surface area contributed by atoms with Crippen molar-refractivity contribution >= 4 is 49.8 Å². The van der Waals surface area contributed by atoms with Gasteiger partial charge >= 0.3 is 0 Å². The molecule has 1 aromatic rings. The predicted molar refractivity (Wildman–Crippen MR) is 92.9 cm³/mol. The van der Waals surface area contributed by atoms with Gasteiger partial charge in [0.25, 0.3) is 0 Å². The van der Waals surface area contributed by atoms with Gasteiger partial charge in [0.05, 0.1) is 5.54 Å². The second-order valence-corrected chi connectivity index (χ2v) is 6.05. The van der Waals surface area contributed by atoms with Crippen molar-refractivity contribution in [1.29, 1.82) is 0 Å². The third kappa shape index (κ3) is 4.49. The minimum atomic E-state index is -0.0172. The number of nitrogens with one attached hydrogen (secondary N) is 1. The van der Waals surface area contributed by atoms with Crippen LogP contribution in [0.2, 0.25) is 0 Å². The number of amidine groups is 1. The van der Waals surface area contributed by atoms with Gasteiger partial charge in [0.2, 0.25) is 0 Å². The molecule has 1 N–H and O–H groups in total. The molecule has 2 unspecified atom stereocenters. The van der Waals surface area contributed by atoms with Crippen molar-refractivity contribution in [2.75, 3.05) is 16.8 Å². The fourth-order valence-corrected chi connectivity index (χ4v) is 2.98. The van der Waals surface area contributed by atoms with E-state index in [1.165, 1.54) is 5.30 Å². The molecule has 0 radical (unpaired) electrons. The first-order valence-electron chi connectivity index (χ1n) is 6.07. The molecule has 1 aliphatic rings. The first kappa shape index (κ1) is 15.9. The molecule has 2 nitrogen and oxygen atoms in total. The molecule has 0 saturated carbocycles. The minimum absolute atomic E-state index is 0.0172. The summed E-state index contributed by atoms with van der Waals surface area (Å²) < 4.78 is 0. The van der Waals surface area contributed by atoms with E-state index in [1.54, 1.807) is 11.8 Å². The molecule has 1 aliphatic heterocycles. The number of nitrogens with zero attached hydrogens (tertiary/aromatic N) is 1. The molecule has 0 aromatic heterocycles. The van der Waals surface area contributed by atoms with Gasteiger partial charge in [-0.05, 0) is 24.4 Å². The molecule has 1 aromatic carbocycles. The molecule has 18 heavy (non-hydrogen) atoms. The first-order chi connectivity index (χ1) is 8.61. The monoisotopic (exact) mass is 300 g/mol. The van der Waals surface area contributed by atoms with Crippen molar-refractivity contribution in [2.45, 2.75) is 26.3 Å². The summed E-state index contributed by atoms with van der Waals surface area (Å²) in [7, 11) is 2.68. The molecule has 1 heterocycles. The average molecular weight is 300 g/mol. The van der Waals surface area contributed by atoms with Crippen molar-refractivity contribution < 1.29 is 0 Å². The SMILES string of the molecule is CC.CC1(CS)CSC(Nc2ccc(P)cc2)=N1. The normalized spacial score (nSPS) is 21.9. The van der Waals surface area contributed by atoms with Gasteiger partial charge in [0, 0.05) is 17.2 Å². The summed E-state index contributed by atoms with van der Waals surface area (Å²) in [4.78, 5) is 4.64. The molecule has 0 aliphatic carbocycles. The Morgan fingerprint density at radius 1 is 1.39 bits per heavy atom. The fraction of sp³-hybridized carbons (Fsp3) is 0.462. The van der Waals surface area contributed by atoms with E-state index in [1.807, 2.05) is 13.8 Å². The fourth-order valence-electron chi connectivity index (χ4n) is 1.37. The van der Waals surface area contributed by atoms with Crippen molar-refractivity contribution in [3.8, 4) is 0 Å². The van der Waals surface area contributed by atoms with Crippen LogP contribution in [0.3, 0.4) is 0 Å². The quantitative estimate of drug-likeness (QED) is 0.646. The van der Waals surface area contributed by atoms with Crippen LogP contribution in [0, 0.1) is 0 Å². The van der Waals surface area contributed by atoms with Gasteiger partial charge in [-0.2, -0.15) is 12.6 Å². The number of benzene rings is 1. The van der Waals surface area contributed by atoms with Crippen molar-refractivity contribution in [3.63, 3.8) is 0 Å². The molecule has 0 saturated heterocycles. The molecule has 0 fully saturated rings. The van der Waals surface area contributed by atoms with E-state index in [0.717, 1.165) is 22.4 Å². The van der Waals surface area contributed by atoms with Crippen LogP contribution in [-0.4, -0.2) is 22.2 Å². The molecule has 5 heteroatoms. The Hall–Kier alpha value is -0.180. The number of thioether (sulfide) groups is 1. The van der Waals surface area contributed by atoms with Gasteiger partial charge < -0.3 is 5.32 Å². The maximum Gasteiger partial charge on any atom is 0.161 e. The Bertz CT molecular complexity index is 406. The predicted octanol–water partition coefficient (Wildman–Crippen LogP) is 3.42. The number of thiol groups is 1. The average Bonchev–Trinajstić information content (AvgIpc) is 2.77. The summed E-state index contributed by atoms with van der Waals surface area (Å²) in [6.07, 6.45) is 0. The lowest BCUT2D eigenvalue weighted by Gasteiger charge is -2.14. The summed E-state index contributed by atoms with van der Waals surface area (Å²) in [5.74, 6) is 1.79. The molecule has 0 bridgehead atoms. The van der Waals surface area contributed by atoms with Gasteiger partial charge in [-0.1, -0.05) is 37.7 Å². The smallest absolute Gasteiger partial charge is 0.161 e. The number of rotatable bonds is 2. The second-order valence-electron chi connectivity index (χ2n) is 4.11. The highest BCUT2D eigenvalue weighted by Gasteiger charge is 2.29. The highest BCUT2D eigenvalue weighted by Crippen LogP contribution is 2.29. The third-order valence-corrected chi connectivity index (χ3v) is 4.69. The zero-order chi connectivity index (χ0) is 13.6. The highest BCUT2D eigenvalue weighted by atomic mass is 32.2.